The SMILES string of the molecule is Cn1nc2c(c1-c1ccccc1)CCN(C(=O)c1c[nH]c3ccncc13)C2. The van der Waals surface area contributed by atoms with Crippen LogP contribution in [0.5, 0.6) is 0 Å². The van der Waals surface area contributed by atoms with Crippen LogP contribution < -0.4 is 0 Å². The van der Waals surface area contributed by atoms with Crippen molar-refractivity contribution >= 4 is 16.8 Å². The van der Waals surface area contributed by atoms with Gasteiger partial charge in [0.25, 0.3) is 5.91 Å². The minimum Gasteiger partial charge on any atom is -0.360 e. The Morgan fingerprint density at radius 2 is 2.04 bits per heavy atom. The Morgan fingerprint density at radius 3 is 2.89 bits per heavy atom. The zero-order chi connectivity index (χ0) is 18.4. The van der Waals surface area contributed by atoms with Crippen LogP contribution in [-0.4, -0.2) is 37.1 Å². The fourth-order valence-electron chi connectivity index (χ4n) is 3.96. The normalized spacial score (nSPS) is 13.7. The van der Waals surface area contributed by atoms with Gasteiger partial charge in [-0.1, -0.05) is 30.3 Å². The maximum atomic E-state index is 13.1. The minimum atomic E-state index is 0.0202. The van der Waals surface area contributed by atoms with Crippen molar-refractivity contribution in [2.45, 2.75) is 13.0 Å². The first-order valence-electron chi connectivity index (χ1n) is 9.03. The number of carbonyl (C=O) groups is 1. The number of nitrogens with zero attached hydrogens (tertiary/aromatic N) is 4. The second kappa shape index (κ2) is 6.09. The van der Waals surface area contributed by atoms with Crippen LogP contribution in [0.3, 0.4) is 0 Å². The maximum absolute atomic E-state index is 13.1. The molecule has 4 heterocycles. The molecule has 0 spiro atoms. The number of aryl methyl sites for hydroxylation is 1. The maximum Gasteiger partial charge on any atom is 0.256 e. The summed E-state index contributed by atoms with van der Waals surface area (Å²) in [7, 11) is 1.97. The summed E-state index contributed by atoms with van der Waals surface area (Å²) in [5.74, 6) is 0.0202. The fourth-order valence-corrected chi connectivity index (χ4v) is 3.96. The van der Waals surface area contributed by atoms with Gasteiger partial charge in [-0.3, -0.25) is 14.5 Å². The van der Waals surface area contributed by atoms with E-state index in [-0.39, 0.29) is 5.91 Å². The van der Waals surface area contributed by atoms with Crippen LogP contribution in [0.4, 0.5) is 0 Å². The third-order valence-corrected chi connectivity index (χ3v) is 5.25. The van der Waals surface area contributed by atoms with E-state index in [0.29, 0.717) is 18.7 Å². The van der Waals surface area contributed by atoms with E-state index in [4.69, 9.17) is 5.10 Å². The first kappa shape index (κ1) is 15.8. The number of hydrogen-bond acceptors (Lipinski definition) is 3. The zero-order valence-electron chi connectivity index (χ0n) is 15.0. The molecule has 0 saturated carbocycles. The van der Waals surface area contributed by atoms with Gasteiger partial charge >= 0.3 is 0 Å². The highest BCUT2D eigenvalue weighted by Crippen LogP contribution is 2.30. The van der Waals surface area contributed by atoms with Crippen molar-refractivity contribution in [3.8, 4) is 11.3 Å². The lowest BCUT2D eigenvalue weighted by Crippen LogP contribution is -2.35. The topological polar surface area (TPSA) is 66.8 Å². The van der Waals surface area contributed by atoms with Crippen molar-refractivity contribution in [1.29, 1.82) is 0 Å². The molecule has 0 saturated heterocycles. The lowest BCUT2D eigenvalue weighted by Gasteiger charge is -2.26. The van der Waals surface area contributed by atoms with Crippen molar-refractivity contribution in [1.82, 2.24) is 24.6 Å². The molecule has 1 N–H and O–H groups in total. The lowest BCUT2D eigenvalue weighted by atomic mass is 9.99. The van der Waals surface area contributed by atoms with Gasteiger partial charge in [-0.2, -0.15) is 5.10 Å². The third-order valence-electron chi connectivity index (χ3n) is 5.25. The van der Waals surface area contributed by atoms with E-state index in [0.717, 1.165) is 34.3 Å². The molecule has 1 aromatic carbocycles. The van der Waals surface area contributed by atoms with Gasteiger partial charge in [0, 0.05) is 54.2 Å². The monoisotopic (exact) mass is 357 g/mol. The summed E-state index contributed by atoms with van der Waals surface area (Å²) in [4.78, 5) is 22.3. The van der Waals surface area contributed by atoms with E-state index < -0.39 is 0 Å². The van der Waals surface area contributed by atoms with E-state index in [9.17, 15) is 4.79 Å². The molecule has 0 unspecified atom stereocenters. The van der Waals surface area contributed by atoms with Gasteiger partial charge in [-0.15, -0.1) is 0 Å². The Bertz CT molecular complexity index is 1140. The molecule has 6 nitrogen and oxygen atoms in total. The van der Waals surface area contributed by atoms with Crippen LogP contribution >= 0.6 is 0 Å². The smallest absolute Gasteiger partial charge is 0.256 e. The standard InChI is InChI=1S/C21H19N5O/c1-25-20(14-5-3-2-4-6-14)15-8-10-26(13-19(15)24-25)21(27)17-12-23-18-7-9-22-11-16(17)18/h2-7,9,11-12,23H,8,10,13H2,1H3. The molecule has 6 heteroatoms. The van der Waals surface area contributed by atoms with Crippen molar-refractivity contribution < 1.29 is 4.79 Å². The van der Waals surface area contributed by atoms with Crippen LogP contribution in [0.2, 0.25) is 0 Å². The highest BCUT2D eigenvalue weighted by molar-refractivity contribution is 6.06. The number of hydrogen-bond donors (Lipinski definition) is 1. The van der Waals surface area contributed by atoms with Crippen LogP contribution in [0.15, 0.2) is 55.0 Å². The van der Waals surface area contributed by atoms with Crippen LogP contribution in [0.1, 0.15) is 21.6 Å². The Labute approximate surface area is 156 Å². The van der Waals surface area contributed by atoms with Crippen molar-refractivity contribution in [2.75, 3.05) is 6.54 Å². The van der Waals surface area contributed by atoms with Gasteiger partial charge in [-0.05, 0) is 12.5 Å². The molecule has 134 valence electrons. The Kier molecular flexibility index (Phi) is 3.57. The van der Waals surface area contributed by atoms with Crippen molar-refractivity contribution in [2.24, 2.45) is 7.05 Å². The van der Waals surface area contributed by atoms with E-state index in [2.05, 4.69) is 22.1 Å². The Balaban J connectivity index is 1.48. The van der Waals surface area contributed by atoms with Crippen molar-refractivity contribution in [3.05, 3.63) is 71.8 Å². The molecule has 1 aliphatic rings. The molecule has 0 fully saturated rings. The van der Waals surface area contributed by atoms with Gasteiger partial charge in [0.15, 0.2) is 0 Å². The van der Waals surface area contributed by atoms with Crippen LogP contribution in [0, 0.1) is 0 Å². The van der Waals surface area contributed by atoms with E-state index >= 15 is 0 Å². The number of fused-ring (bicyclic) bond motifs is 2. The van der Waals surface area contributed by atoms with Gasteiger partial charge in [0.1, 0.15) is 0 Å². The number of benzene rings is 1. The Morgan fingerprint density at radius 1 is 1.19 bits per heavy atom. The molecule has 27 heavy (non-hydrogen) atoms. The number of aromatic nitrogens is 4. The van der Waals surface area contributed by atoms with Crippen LogP contribution in [-0.2, 0) is 20.0 Å². The van der Waals surface area contributed by atoms with Gasteiger partial charge in [0.2, 0.25) is 0 Å². The summed E-state index contributed by atoms with van der Waals surface area (Å²) in [5.41, 5.74) is 6.13. The highest BCUT2D eigenvalue weighted by Gasteiger charge is 2.28. The highest BCUT2D eigenvalue weighted by atomic mass is 16.2. The summed E-state index contributed by atoms with van der Waals surface area (Å²) >= 11 is 0. The number of carbonyl (C=O) groups excluding carboxylic acids is 1. The third kappa shape index (κ3) is 2.52. The van der Waals surface area contributed by atoms with Crippen molar-refractivity contribution in [3.63, 3.8) is 0 Å². The predicted molar refractivity (Wildman–Crippen MR) is 103 cm³/mol. The zero-order valence-corrected chi connectivity index (χ0v) is 15.0. The van der Waals surface area contributed by atoms with Crippen LogP contribution in [0.25, 0.3) is 22.2 Å². The number of pyridine rings is 1. The second-order valence-electron chi connectivity index (χ2n) is 6.86. The number of rotatable bonds is 2. The second-order valence-corrected chi connectivity index (χ2v) is 6.86. The van der Waals surface area contributed by atoms with Gasteiger partial charge < -0.3 is 9.88 Å². The van der Waals surface area contributed by atoms with Gasteiger partial charge in [0.05, 0.1) is 23.5 Å². The van der Waals surface area contributed by atoms with Gasteiger partial charge in [-0.25, -0.2) is 0 Å². The largest absolute Gasteiger partial charge is 0.360 e. The summed E-state index contributed by atoms with van der Waals surface area (Å²) in [5, 5.41) is 5.57. The molecular formula is C21H19N5O. The quantitative estimate of drug-likeness (QED) is 0.599. The predicted octanol–water partition coefficient (Wildman–Crippen LogP) is 3.16. The number of H-pyrrole nitrogens is 1. The first-order chi connectivity index (χ1) is 13.2. The summed E-state index contributed by atoms with van der Waals surface area (Å²) in [6.45, 7) is 1.21. The van der Waals surface area contributed by atoms with E-state index in [1.54, 1.807) is 18.6 Å². The molecule has 1 aliphatic heterocycles. The molecule has 3 aromatic heterocycles. The summed E-state index contributed by atoms with van der Waals surface area (Å²) in [6.07, 6.45) is 6.04. The van der Waals surface area contributed by atoms with E-state index in [1.165, 1.54) is 5.56 Å². The number of nitrogens with one attached hydrogen (secondary N) is 1. The molecule has 5 rings (SSSR count). The Hall–Kier alpha value is -3.41. The summed E-state index contributed by atoms with van der Waals surface area (Å²) < 4.78 is 1.93. The number of amides is 1. The molecule has 0 aliphatic carbocycles. The number of aromatic amines is 1. The molecule has 0 bridgehead atoms. The lowest BCUT2D eigenvalue weighted by molar-refractivity contribution is 0.0734. The average molecular weight is 357 g/mol. The molecule has 4 aromatic rings. The fraction of sp³-hybridized carbons (Fsp3) is 0.190. The summed E-state index contributed by atoms with van der Waals surface area (Å²) in [6, 6.07) is 12.2. The molecule has 0 atom stereocenters. The van der Waals surface area contributed by atoms with E-state index in [1.807, 2.05) is 40.9 Å². The minimum absolute atomic E-state index is 0.0202. The molecule has 1 amide bonds. The first-order valence-corrected chi connectivity index (χ1v) is 9.03. The average Bonchev–Trinajstić information content (AvgIpc) is 3.27. The molecular weight excluding hydrogens is 338 g/mol. The molecule has 0 radical (unpaired) electrons.